The molecule has 4 heteroatoms. The second-order valence-corrected chi connectivity index (χ2v) is 17.0. The van der Waals surface area contributed by atoms with Gasteiger partial charge in [0.1, 0.15) is 0 Å². The second-order valence-electron chi connectivity index (χ2n) is 16.0. The lowest BCUT2D eigenvalue weighted by atomic mass is 9.81. The van der Waals surface area contributed by atoms with Crippen molar-refractivity contribution in [3.05, 3.63) is 174 Å². The fraction of sp³-hybridized carbons (Fsp3) is 0.118. The molecule has 3 nitrogen and oxygen atoms in total. The Morgan fingerprint density at radius 3 is 1.73 bits per heavy atom. The van der Waals surface area contributed by atoms with Crippen LogP contribution < -0.4 is 0 Å². The summed E-state index contributed by atoms with van der Waals surface area (Å²) in [5.74, 6) is 2.04. The number of hydrogen-bond acceptors (Lipinski definition) is 4. The topological polar surface area (TPSA) is 38.7 Å². The van der Waals surface area contributed by atoms with Crippen LogP contribution in [0, 0.1) is 0 Å². The van der Waals surface area contributed by atoms with Gasteiger partial charge < -0.3 is 0 Å². The number of fused-ring (bicyclic) bond motifs is 9. The summed E-state index contributed by atoms with van der Waals surface area (Å²) in [6.45, 7) is 9.30. The molecule has 2 aromatic heterocycles. The maximum absolute atomic E-state index is 5.33. The lowest BCUT2D eigenvalue weighted by molar-refractivity contribution is 0.660. The highest BCUT2D eigenvalue weighted by Crippen LogP contribution is 2.52. The Labute approximate surface area is 325 Å². The van der Waals surface area contributed by atoms with Gasteiger partial charge in [0.15, 0.2) is 17.5 Å². The monoisotopic (exact) mass is 723 g/mol. The van der Waals surface area contributed by atoms with Crippen molar-refractivity contribution in [2.24, 2.45) is 0 Å². The normalized spacial score (nSPS) is 14.5. The Morgan fingerprint density at radius 1 is 0.382 bits per heavy atom. The molecule has 2 heterocycles. The van der Waals surface area contributed by atoms with E-state index in [0.29, 0.717) is 17.5 Å². The molecule has 0 fully saturated rings. The van der Waals surface area contributed by atoms with E-state index in [1.54, 1.807) is 11.3 Å². The summed E-state index contributed by atoms with van der Waals surface area (Å²) in [7, 11) is 0. The molecule has 7 aromatic carbocycles. The van der Waals surface area contributed by atoms with Gasteiger partial charge in [0, 0.05) is 47.7 Å². The zero-order chi connectivity index (χ0) is 37.1. The molecular formula is C51H37N3S. The van der Waals surface area contributed by atoms with Crippen molar-refractivity contribution in [2.45, 2.75) is 38.5 Å². The van der Waals surface area contributed by atoms with E-state index in [1.165, 1.54) is 75.8 Å². The van der Waals surface area contributed by atoms with Crippen LogP contribution in [0.5, 0.6) is 0 Å². The van der Waals surface area contributed by atoms with Gasteiger partial charge in [-0.1, -0.05) is 161 Å². The Kier molecular flexibility index (Phi) is 6.82. The highest BCUT2D eigenvalue weighted by atomic mass is 32.1. The predicted molar refractivity (Wildman–Crippen MR) is 230 cm³/mol. The van der Waals surface area contributed by atoms with Crippen LogP contribution in [0.25, 0.3) is 87.7 Å². The number of benzene rings is 7. The van der Waals surface area contributed by atoms with Gasteiger partial charge in [-0.15, -0.1) is 11.3 Å². The fourth-order valence-electron chi connectivity index (χ4n) is 9.31. The summed E-state index contributed by atoms with van der Waals surface area (Å²) < 4.78 is 2.45. The Bertz CT molecular complexity index is 3040. The van der Waals surface area contributed by atoms with Gasteiger partial charge >= 0.3 is 0 Å². The molecular weight excluding hydrogens is 687 g/mol. The number of aromatic nitrogens is 3. The van der Waals surface area contributed by atoms with Crippen molar-refractivity contribution in [1.29, 1.82) is 0 Å². The molecule has 0 unspecified atom stereocenters. The van der Waals surface area contributed by atoms with Crippen molar-refractivity contribution in [2.75, 3.05) is 0 Å². The number of thiophene rings is 1. The molecule has 2 aliphatic carbocycles. The van der Waals surface area contributed by atoms with E-state index in [-0.39, 0.29) is 10.8 Å². The minimum absolute atomic E-state index is 0.0514. The number of hydrogen-bond donors (Lipinski definition) is 0. The molecule has 9 aromatic rings. The van der Waals surface area contributed by atoms with Crippen LogP contribution in [0.4, 0.5) is 0 Å². The molecule has 0 N–H and O–H groups in total. The fourth-order valence-corrected chi connectivity index (χ4v) is 10.5. The van der Waals surface area contributed by atoms with E-state index in [9.17, 15) is 0 Å². The molecule has 0 saturated carbocycles. The maximum Gasteiger partial charge on any atom is 0.165 e. The molecule has 2 aliphatic rings. The molecule has 0 radical (unpaired) electrons. The van der Waals surface area contributed by atoms with Gasteiger partial charge in [0.05, 0.1) is 0 Å². The minimum atomic E-state index is -0.130. The van der Waals surface area contributed by atoms with E-state index < -0.39 is 0 Å². The first-order valence-corrected chi connectivity index (χ1v) is 19.8. The molecule has 0 atom stereocenters. The minimum Gasteiger partial charge on any atom is -0.208 e. The van der Waals surface area contributed by atoms with Crippen LogP contribution in [0.3, 0.4) is 0 Å². The van der Waals surface area contributed by atoms with Gasteiger partial charge in [-0.05, 0) is 73.8 Å². The van der Waals surface area contributed by atoms with Crippen molar-refractivity contribution in [3.63, 3.8) is 0 Å². The third-order valence-electron chi connectivity index (χ3n) is 12.2. The number of nitrogens with zero attached hydrogens (tertiary/aromatic N) is 3. The Balaban J connectivity index is 1.08. The van der Waals surface area contributed by atoms with Crippen LogP contribution in [0.1, 0.15) is 49.9 Å². The molecule has 0 bridgehead atoms. The first kappa shape index (κ1) is 32.2. The van der Waals surface area contributed by atoms with Crippen molar-refractivity contribution < 1.29 is 0 Å². The summed E-state index contributed by atoms with van der Waals surface area (Å²) in [5.41, 5.74) is 15.7. The van der Waals surface area contributed by atoms with Crippen molar-refractivity contribution in [1.82, 2.24) is 15.0 Å². The van der Waals surface area contributed by atoms with Crippen molar-refractivity contribution in [3.8, 4) is 67.5 Å². The van der Waals surface area contributed by atoms with Crippen molar-refractivity contribution >= 4 is 31.5 Å². The van der Waals surface area contributed by atoms with Gasteiger partial charge in [-0.3, -0.25) is 0 Å². The predicted octanol–water partition coefficient (Wildman–Crippen LogP) is 13.5. The van der Waals surface area contributed by atoms with Crippen LogP contribution in [0.15, 0.2) is 152 Å². The SMILES string of the molecule is CC1(C)c2ccccc2-c2ccc(-c3ccc(-c4nc(-c5cccc6c5-c5ccccc5C6(C)C)nc(-c5cccc6c5sc5ccccc56)n4)cc3)cc21. The van der Waals surface area contributed by atoms with E-state index in [0.717, 1.165) is 16.7 Å². The summed E-state index contributed by atoms with van der Waals surface area (Å²) >= 11 is 1.80. The van der Waals surface area contributed by atoms with Gasteiger partial charge in [-0.25, -0.2) is 15.0 Å². The molecule has 0 saturated heterocycles. The lowest BCUT2D eigenvalue weighted by Gasteiger charge is -2.22. The standard InChI is InChI=1S/C51H37N3S/c1-50(2)41-20-9-6-15-37(41)45-38(17-12-21-42(45)50)48-52-47(53-49(54-48)39-18-11-16-36-35-14-7-10-22-44(35)55-46(36)39)31-25-23-30(24-26-31)32-27-28-34-33-13-5-8-19-40(33)51(3,4)43(34)29-32/h5-29H,1-4H3. The quantitative estimate of drug-likeness (QED) is 0.181. The smallest absolute Gasteiger partial charge is 0.165 e. The van der Waals surface area contributed by atoms with E-state index in [4.69, 9.17) is 15.0 Å². The van der Waals surface area contributed by atoms with E-state index >= 15 is 0 Å². The van der Waals surface area contributed by atoms with Gasteiger partial charge in [-0.2, -0.15) is 0 Å². The van der Waals surface area contributed by atoms with Crippen LogP contribution in [0.2, 0.25) is 0 Å². The van der Waals surface area contributed by atoms with Crippen LogP contribution >= 0.6 is 11.3 Å². The average molecular weight is 724 g/mol. The zero-order valence-corrected chi connectivity index (χ0v) is 32.0. The number of rotatable bonds is 4. The molecule has 262 valence electrons. The molecule has 0 aliphatic heterocycles. The summed E-state index contributed by atoms with van der Waals surface area (Å²) in [6.07, 6.45) is 0. The summed E-state index contributed by atoms with van der Waals surface area (Å²) in [5, 5.41) is 2.48. The van der Waals surface area contributed by atoms with E-state index in [2.05, 4.69) is 179 Å². The maximum atomic E-state index is 5.33. The summed E-state index contributed by atoms with van der Waals surface area (Å²) in [6, 6.07) is 55.0. The molecule has 0 amide bonds. The third kappa shape index (κ3) is 4.71. The highest BCUT2D eigenvalue weighted by molar-refractivity contribution is 7.26. The van der Waals surface area contributed by atoms with Gasteiger partial charge in [0.25, 0.3) is 0 Å². The van der Waals surface area contributed by atoms with Crippen LogP contribution in [-0.2, 0) is 10.8 Å². The van der Waals surface area contributed by atoms with Crippen LogP contribution in [-0.4, -0.2) is 15.0 Å². The first-order valence-electron chi connectivity index (χ1n) is 19.0. The van der Waals surface area contributed by atoms with E-state index in [1.807, 2.05) is 0 Å². The average Bonchev–Trinajstić information content (AvgIpc) is 3.80. The highest BCUT2D eigenvalue weighted by Gasteiger charge is 2.37. The zero-order valence-electron chi connectivity index (χ0n) is 31.2. The third-order valence-corrected chi connectivity index (χ3v) is 13.4. The van der Waals surface area contributed by atoms with Gasteiger partial charge in [0.2, 0.25) is 0 Å². The second kappa shape index (κ2) is 11.6. The lowest BCUT2D eigenvalue weighted by Crippen LogP contribution is -2.14. The summed E-state index contributed by atoms with van der Waals surface area (Å²) in [4.78, 5) is 15.9. The first-order chi connectivity index (χ1) is 26.8. The molecule has 55 heavy (non-hydrogen) atoms. The molecule has 0 spiro atoms. The largest absolute Gasteiger partial charge is 0.208 e. The molecule has 11 rings (SSSR count). The Hall–Kier alpha value is -6.23. The Morgan fingerprint density at radius 2 is 0.909 bits per heavy atom.